The first-order valence-corrected chi connectivity index (χ1v) is 12.6. The maximum absolute atomic E-state index is 13.6. The number of ether oxygens (including phenoxy) is 3. The van der Waals surface area contributed by atoms with E-state index in [1.54, 1.807) is 4.90 Å². The predicted octanol–water partition coefficient (Wildman–Crippen LogP) is 5.59. The molecule has 0 spiro atoms. The number of nitrogens with zero attached hydrogens (tertiary/aromatic N) is 4. The Bertz CT molecular complexity index is 1180. The van der Waals surface area contributed by atoms with Crippen LogP contribution in [0.25, 0.3) is 10.4 Å². The lowest BCUT2D eigenvalue weighted by atomic mass is 9.97. The molecule has 9 heteroatoms. The van der Waals surface area contributed by atoms with E-state index in [-0.39, 0.29) is 19.8 Å². The lowest BCUT2D eigenvalue weighted by molar-refractivity contribution is -0.193. The van der Waals surface area contributed by atoms with Gasteiger partial charge in [0.1, 0.15) is 6.61 Å². The van der Waals surface area contributed by atoms with Crippen LogP contribution in [0.1, 0.15) is 29.5 Å². The first-order chi connectivity index (χ1) is 18.6. The highest BCUT2D eigenvalue weighted by molar-refractivity contribution is 5.68. The van der Waals surface area contributed by atoms with Crippen molar-refractivity contribution in [1.29, 1.82) is 0 Å². The number of hydrogen-bond acceptors (Lipinski definition) is 6. The Morgan fingerprint density at radius 1 is 0.947 bits per heavy atom. The molecular formula is C29H32N4O5. The van der Waals surface area contributed by atoms with Gasteiger partial charge in [0.2, 0.25) is 0 Å². The molecule has 4 atom stereocenters. The molecule has 2 unspecified atom stereocenters. The summed E-state index contributed by atoms with van der Waals surface area (Å²) in [6, 6.07) is 27.6. The van der Waals surface area contributed by atoms with E-state index < -0.39 is 30.6 Å². The molecule has 1 aliphatic heterocycles. The van der Waals surface area contributed by atoms with E-state index in [0.29, 0.717) is 19.4 Å². The van der Waals surface area contributed by atoms with Crippen LogP contribution in [0, 0.1) is 0 Å². The molecule has 0 radical (unpaired) electrons. The molecule has 1 amide bonds. The minimum Gasteiger partial charge on any atom is -0.445 e. The Labute approximate surface area is 222 Å². The summed E-state index contributed by atoms with van der Waals surface area (Å²) in [6.07, 6.45) is -1.46. The lowest BCUT2D eigenvalue weighted by Crippen LogP contribution is -2.54. The highest BCUT2D eigenvalue weighted by Gasteiger charge is 2.39. The van der Waals surface area contributed by atoms with Gasteiger partial charge < -0.3 is 19.3 Å². The predicted molar refractivity (Wildman–Crippen MR) is 142 cm³/mol. The summed E-state index contributed by atoms with van der Waals surface area (Å²) in [5.41, 5.74) is 11.6. The fourth-order valence-corrected chi connectivity index (χ4v) is 4.45. The number of hydrogen-bond donors (Lipinski definition) is 1. The first kappa shape index (κ1) is 27.2. The Hall–Kier alpha value is -3.88. The minimum atomic E-state index is -1.28. The maximum atomic E-state index is 13.6. The molecule has 1 fully saturated rings. The number of azide groups is 1. The summed E-state index contributed by atoms with van der Waals surface area (Å²) in [5.74, 6) is 0. The number of rotatable bonds is 11. The van der Waals surface area contributed by atoms with Crippen LogP contribution >= 0.6 is 0 Å². The van der Waals surface area contributed by atoms with Gasteiger partial charge in [-0.2, -0.15) is 0 Å². The lowest BCUT2D eigenvalue weighted by Gasteiger charge is -2.40. The summed E-state index contributed by atoms with van der Waals surface area (Å²) in [6.45, 7) is 0.900. The quantitative estimate of drug-likeness (QED) is 0.203. The van der Waals surface area contributed by atoms with Crippen LogP contribution < -0.4 is 0 Å². The van der Waals surface area contributed by atoms with Gasteiger partial charge in [-0.1, -0.05) is 96.1 Å². The molecule has 0 bridgehead atoms. The van der Waals surface area contributed by atoms with Gasteiger partial charge >= 0.3 is 6.09 Å². The largest absolute Gasteiger partial charge is 0.445 e. The number of carbonyl (C=O) groups excluding carboxylic acids is 1. The van der Waals surface area contributed by atoms with E-state index in [2.05, 4.69) is 10.0 Å². The molecule has 0 aliphatic carbocycles. The number of carbonyl (C=O) groups is 1. The van der Waals surface area contributed by atoms with Crippen LogP contribution in [0.15, 0.2) is 96.1 Å². The molecule has 1 N–H and O–H groups in total. The van der Waals surface area contributed by atoms with Crippen molar-refractivity contribution in [2.75, 3.05) is 6.61 Å². The van der Waals surface area contributed by atoms with Crippen LogP contribution in [-0.2, 0) is 34.0 Å². The van der Waals surface area contributed by atoms with Crippen molar-refractivity contribution in [1.82, 2.24) is 4.90 Å². The Balaban J connectivity index is 1.56. The zero-order valence-corrected chi connectivity index (χ0v) is 21.1. The fraction of sp³-hybridized carbons (Fsp3) is 0.345. The van der Waals surface area contributed by atoms with Crippen molar-refractivity contribution in [3.05, 3.63) is 118 Å². The second kappa shape index (κ2) is 14.2. The standard InChI is InChI=1S/C29H32N4O5/c30-32-31-25-16-17-27(38-28(25)34)26(21-36-19-23-12-6-2-7-13-23)33(18-22-10-4-1-5-11-22)29(35)37-20-24-14-8-3-9-15-24/h1-15,25-28,34H,16-21H2/t25?,26-,27+,28?/m1/s1. The SMILES string of the molecule is [N-]=[N+]=NC1CC[C@@H]([C@@H](COCc2ccccc2)N(Cc2ccccc2)C(=O)OCc2ccccc2)OC1O. The van der Waals surface area contributed by atoms with E-state index in [4.69, 9.17) is 19.7 Å². The fourth-order valence-electron chi connectivity index (χ4n) is 4.45. The molecule has 9 nitrogen and oxygen atoms in total. The highest BCUT2D eigenvalue weighted by atomic mass is 16.6. The third kappa shape index (κ3) is 7.81. The molecular weight excluding hydrogens is 484 g/mol. The number of amides is 1. The monoisotopic (exact) mass is 516 g/mol. The summed E-state index contributed by atoms with van der Waals surface area (Å²) < 4.78 is 17.7. The normalized spacial score (nSPS) is 19.7. The Morgan fingerprint density at radius 3 is 2.11 bits per heavy atom. The van der Waals surface area contributed by atoms with E-state index in [1.807, 2.05) is 91.0 Å². The van der Waals surface area contributed by atoms with Gasteiger partial charge in [-0.05, 0) is 35.1 Å². The summed E-state index contributed by atoms with van der Waals surface area (Å²) in [7, 11) is 0. The minimum absolute atomic E-state index is 0.121. The average Bonchev–Trinajstić information content (AvgIpc) is 2.96. The average molecular weight is 517 g/mol. The van der Waals surface area contributed by atoms with Crippen molar-refractivity contribution in [3.8, 4) is 0 Å². The second-order valence-corrected chi connectivity index (χ2v) is 9.14. The summed E-state index contributed by atoms with van der Waals surface area (Å²) in [5, 5.41) is 14.2. The van der Waals surface area contributed by atoms with Crippen molar-refractivity contribution >= 4 is 6.09 Å². The number of benzene rings is 3. The molecule has 0 aromatic heterocycles. The number of aliphatic hydroxyl groups is 1. The topological polar surface area (TPSA) is 117 Å². The summed E-state index contributed by atoms with van der Waals surface area (Å²) >= 11 is 0. The Morgan fingerprint density at radius 2 is 1.53 bits per heavy atom. The van der Waals surface area contributed by atoms with Crippen LogP contribution in [0.3, 0.4) is 0 Å². The zero-order valence-electron chi connectivity index (χ0n) is 21.1. The van der Waals surface area contributed by atoms with Gasteiger partial charge in [-0.3, -0.25) is 4.90 Å². The van der Waals surface area contributed by atoms with Crippen molar-refractivity contribution in [3.63, 3.8) is 0 Å². The van der Waals surface area contributed by atoms with Gasteiger partial charge in [0.25, 0.3) is 0 Å². The van der Waals surface area contributed by atoms with Gasteiger partial charge in [0, 0.05) is 11.5 Å². The van der Waals surface area contributed by atoms with Crippen LogP contribution in [-0.4, -0.2) is 47.2 Å². The maximum Gasteiger partial charge on any atom is 0.410 e. The molecule has 38 heavy (non-hydrogen) atoms. The molecule has 3 aromatic carbocycles. The molecule has 1 aliphatic rings. The van der Waals surface area contributed by atoms with E-state index in [0.717, 1.165) is 16.7 Å². The first-order valence-electron chi connectivity index (χ1n) is 12.6. The molecule has 198 valence electrons. The van der Waals surface area contributed by atoms with Crippen LogP contribution in [0.5, 0.6) is 0 Å². The van der Waals surface area contributed by atoms with E-state index in [9.17, 15) is 9.90 Å². The smallest absolute Gasteiger partial charge is 0.410 e. The van der Waals surface area contributed by atoms with Gasteiger partial charge in [-0.25, -0.2) is 4.79 Å². The van der Waals surface area contributed by atoms with Crippen molar-refractivity contribution in [2.24, 2.45) is 5.11 Å². The molecule has 3 aromatic rings. The van der Waals surface area contributed by atoms with Crippen molar-refractivity contribution in [2.45, 2.75) is 57.1 Å². The van der Waals surface area contributed by atoms with Gasteiger partial charge in [-0.15, -0.1) is 0 Å². The van der Waals surface area contributed by atoms with Gasteiger partial charge in [0.15, 0.2) is 6.29 Å². The van der Waals surface area contributed by atoms with Gasteiger partial charge in [0.05, 0.1) is 31.4 Å². The number of aliphatic hydroxyl groups excluding tert-OH is 1. The molecule has 1 heterocycles. The van der Waals surface area contributed by atoms with Crippen LogP contribution in [0.2, 0.25) is 0 Å². The Kier molecular flexibility index (Phi) is 10.1. The molecule has 0 saturated carbocycles. The zero-order chi connectivity index (χ0) is 26.6. The highest BCUT2D eigenvalue weighted by Crippen LogP contribution is 2.27. The third-order valence-corrected chi connectivity index (χ3v) is 6.46. The molecule has 4 rings (SSSR count). The third-order valence-electron chi connectivity index (χ3n) is 6.46. The van der Waals surface area contributed by atoms with E-state index in [1.165, 1.54) is 0 Å². The van der Waals surface area contributed by atoms with E-state index >= 15 is 0 Å². The molecule has 1 saturated heterocycles. The van der Waals surface area contributed by atoms with Crippen molar-refractivity contribution < 1.29 is 24.1 Å². The van der Waals surface area contributed by atoms with Crippen LogP contribution in [0.4, 0.5) is 4.79 Å². The second-order valence-electron chi connectivity index (χ2n) is 9.14. The summed E-state index contributed by atoms with van der Waals surface area (Å²) in [4.78, 5) is 18.0.